The second-order valence-electron chi connectivity index (χ2n) is 6.53. The Morgan fingerprint density at radius 3 is 2.50 bits per heavy atom. The molecular formula is C16H22N2OS. The van der Waals surface area contributed by atoms with E-state index in [0.29, 0.717) is 11.8 Å². The van der Waals surface area contributed by atoms with Gasteiger partial charge in [-0.25, -0.2) is 0 Å². The zero-order chi connectivity index (χ0) is 13.5. The molecule has 4 rings (SSSR count). The second-order valence-corrected chi connectivity index (χ2v) is 7.44. The minimum absolute atomic E-state index is 0.301. The molecule has 1 saturated carbocycles. The average Bonchev–Trinajstić information content (AvgIpc) is 3.08. The van der Waals surface area contributed by atoms with Crippen LogP contribution >= 0.6 is 11.3 Å². The van der Waals surface area contributed by atoms with E-state index < -0.39 is 0 Å². The summed E-state index contributed by atoms with van der Waals surface area (Å²) in [6, 6.07) is 2.17. The van der Waals surface area contributed by atoms with Crippen LogP contribution in [0.1, 0.15) is 46.8 Å². The molecule has 3 fully saturated rings. The van der Waals surface area contributed by atoms with Gasteiger partial charge in [0.2, 0.25) is 0 Å². The highest BCUT2D eigenvalue weighted by Gasteiger charge is 2.34. The van der Waals surface area contributed by atoms with Crippen LogP contribution in [0.15, 0.2) is 11.4 Å². The third-order valence-corrected chi connectivity index (χ3v) is 6.13. The molecule has 0 spiro atoms. The number of carbonyl (C=O) groups is 1. The van der Waals surface area contributed by atoms with Gasteiger partial charge < -0.3 is 10.2 Å². The lowest BCUT2D eigenvalue weighted by molar-refractivity contribution is 0.0762. The Balaban J connectivity index is 1.49. The molecule has 3 heterocycles. The maximum absolute atomic E-state index is 12.8. The zero-order valence-electron chi connectivity index (χ0n) is 11.8. The number of hydrogen-bond acceptors (Lipinski definition) is 3. The lowest BCUT2D eigenvalue weighted by Crippen LogP contribution is -2.32. The highest BCUT2D eigenvalue weighted by atomic mass is 32.1. The van der Waals surface area contributed by atoms with E-state index in [0.717, 1.165) is 42.9 Å². The first-order chi connectivity index (χ1) is 9.83. The summed E-state index contributed by atoms with van der Waals surface area (Å²) in [5.74, 6) is 2.56. The third kappa shape index (κ3) is 2.29. The summed E-state index contributed by atoms with van der Waals surface area (Å²) in [6.45, 7) is 4.20. The summed E-state index contributed by atoms with van der Waals surface area (Å²) in [5, 5.41) is 5.59. The molecule has 1 aromatic heterocycles. The largest absolute Gasteiger partial charge is 0.338 e. The predicted molar refractivity (Wildman–Crippen MR) is 81.3 cm³/mol. The lowest BCUT2D eigenvalue weighted by atomic mass is 9.92. The highest BCUT2D eigenvalue weighted by Crippen LogP contribution is 2.43. The van der Waals surface area contributed by atoms with Gasteiger partial charge in [0.15, 0.2) is 0 Å². The van der Waals surface area contributed by atoms with Crippen LogP contribution in [0.4, 0.5) is 0 Å². The molecule has 2 aliphatic heterocycles. The number of likely N-dealkylation sites (tertiary alicyclic amines) is 1. The van der Waals surface area contributed by atoms with Gasteiger partial charge in [-0.05, 0) is 73.5 Å². The fraction of sp³-hybridized carbons (Fsp3) is 0.688. The van der Waals surface area contributed by atoms with Crippen LogP contribution in [-0.2, 0) is 0 Å². The topological polar surface area (TPSA) is 32.3 Å². The maximum atomic E-state index is 12.8. The molecule has 3 nitrogen and oxygen atoms in total. The Hall–Kier alpha value is -0.870. The molecule has 20 heavy (non-hydrogen) atoms. The van der Waals surface area contributed by atoms with Gasteiger partial charge in [0, 0.05) is 13.1 Å². The van der Waals surface area contributed by atoms with Crippen LogP contribution in [0.25, 0.3) is 0 Å². The molecule has 4 heteroatoms. The third-order valence-electron chi connectivity index (χ3n) is 5.21. The van der Waals surface area contributed by atoms with Gasteiger partial charge in [0.1, 0.15) is 0 Å². The van der Waals surface area contributed by atoms with Gasteiger partial charge in [-0.1, -0.05) is 0 Å². The van der Waals surface area contributed by atoms with Crippen LogP contribution in [0.5, 0.6) is 0 Å². The molecule has 3 aliphatic rings. The Kier molecular flexibility index (Phi) is 3.31. The number of thiophene rings is 1. The number of carbonyl (C=O) groups excluding carboxylic acids is 1. The van der Waals surface area contributed by atoms with Gasteiger partial charge in [-0.3, -0.25) is 4.79 Å². The first kappa shape index (κ1) is 12.8. The Morgan fingerprint density at radius 2 is 1.85 bits per heavy atom. The van der Waals surface area contributed by atoms with Crippen molar-refractivity contribution in [2.45, 2.75) is 31.6 Å². The number of nitrogens with zero attached hydrogens (tertiary/aromatic N) is 1. The number of fused-ring (bicyclic) bond motifs is 1. The van der Waals surface area contributed by atoms with Crippen molar-refractivity contribution in [2.24, 2.45) is 11.8 Å². The van der Waals surface area contributed by atoms with Crippen molar-refractivity contribution in [3.63, 3.8) is 0 Å². The SMILES string of the molecule is O=C(c1sccc1C1CC1)N1CC[C@@H]2CNC[C@@H]2CC1. The first-order valence-corrected chi connectivity index (χ1v) is 8.78. The molecule has 1 aliphatic carbocycles. The van der Waals surface area contributed by atoms with Crippen LogP contribution in [-0.4, -0.2) is 37.0 Å². The van der Waals surface area contributed by atoms with Crippen molar-refractivity contribution in [1.82, 2.24) is 10.2 Å². The lowest BCUT2D eigenvalue weighted by Gasteiger charge is -2.21. The van der Waals surface area contributed by atoms with Crippen LogP contribution in [0.2, 0.25) is 0 Å². The minimum atomic E-state index is 0.301. The molecular weight excluding hydrogens is 268 g/mol. The molecule has 0 aromatic carbocycles. The number of amides is 1. The molecule has 1 amide bonds. The van der Waals surface area contributed by atoms with Crippen molar-refractivity contribution < 1.29 is 4.79 Å². The van der Waals surface area contributed by atoms with Crippen LogP contribution < -0.4 is 5.32 Å². The van der Waals surface area contributed by atoms with E-state index in [1.165, 1.54) is 31.2 Å². The van der Waals surface area contributed by atoms with Gasteiger partial charge in [-0.15, -0.1) is 11.3 Å². The normalized spacial score (nSPS) is 30.1. The molecule has 1 aromatic rings. The summed E-state index contributed by atoms with van der Waals surface area (Å²) < 4.78 is 0. The molecule has 1 N–H and O–H groups in total. The minimum Gasteiger partial charge on any atom is -0.338 e. The summed E-state index contributed by atoms with van der Waals surface area (Å²) in [7, 11) is 0. The van der Waals surface area contributed by atoms with Gasteiger partial charge in [0.05, 0.1) is 4.88 Å². The summed E-state index contributed by atoms with van der Waals surface area (Å²) in [5.41, 5.74) is 1.33. The van der Waals surface area contributed by atoms with Crippen molar-refractivity contribution in [2.75, 3.05) is 26.2 Å². The first-order valence-electron chi connectivity index (χ1n) is 7.90. The summed E-state index contributed by atoms with van der Waals surface area (Å²) >= 11 is 1.64. The van der Waals surface area contributed by atoms with Gasteiger partial charge >= 0.3 is 0 Å². The number of nitrogens with one attached hydrogen (secondary N) is 1. The van der Waals surface area contributed by atoms with E-state index in [1.54, 1.807) is 11.3 Å². The average molecular weight is 290 g/mol. The quantitative estimate of drug-likeness (QED) is 0.908. The van der Waals surface area contributed by atoms with Gasteiger partial charge in [0.25, 0.3) is 5.91 Å². The molecule has 2 saturated heterocycles. The van der Waals surface area contributed by atoms with Crippen molar-refractivity contribution in [1.29, 1.82) is 0 Å². The molecule has 0 bridgehead atoms. The van der Waals surface area contributed by atoms with Gasteiger partial charge in [-0.2, -0.15) is 0 Å². The standard InChI is InChI=1S/C16H22N2OS/c19-16(15-14(5-8-20-15)11-1-2-11)18-6-3-12-9-17-10-13(12)4-7-18/h5,8,11-13,17H,1-4,6-7,9-10H2/t12-,13+. The van der Waals surface area contributed by atoms with Crippen molar-refractivity contribution >= 4 is 17.2 Å². The predicted octanol–water partition coefficient (Wildman–Crippen LogP) is 2.70. The molecule has 0 unspecified atom stereocenters. The number of rotatable bonds is 2. The van der Waals surface area contributed by atoms with E-state index in [1.807, 2.05) is 0 Å². The maximum Gasteiger partial charge on any atom is 0.264 e. The Bertz CT molecular complexity index is 494. The van der Waals surface area contributed by atoms with E-state index in [2.05, 4.69) is 21.7 Å². The number of hydrogen-bond donors (Lipinski definition) is 1. The zero-order valence-corrected chi connectivity index (χ0v) is 12.6. The van der Waals surface area contributed by atoms with E-state index in [4.69, 9.17) is 0 Å². The molecule has 108 valence electrons. The monoisotopic (exact) mass is 290 g/mol. The van der Waals surface area contributed by atoms with Crippen LogP contribution in [0.3, 0.4) is 0 Å². The van der Waals surface area contributed by atoms with E-state index in [-0.39, 0.29) is 0 Å². The molecule has 2 atom stereocenters. The van der Waals surface area contributed by atoms with Crippen molar-refractivity contribution in [3.05, 3.63) is 21.9 Å². The Labute approximate surface area is 124 Å². The second kappa shape index (κ2) is 5.15. The van der Waals surface area contributed by atoms with Crippen molar-refractivity contribution in [3.8, 4) is 0 Å². The Morgan fingerprint density at radius 1 is 1.15 bits per heavy atom. The van der Waals surface area contributed by atoms with E-state index in [9.17, 15) is 4.79 Å². The van der Waals surface area contributed by atoms with E-state index >= 15 is 0 Å². The summed E-state index contributed by atoms with van der Waals surface area (Å²) in [6.07, 6.45) is 4.89. The fourth-order valence-electron chi connectivity index (χ4n) is 3.77. The fourth-order valence-corrected chi connectivity index (χ4v) is 4.73. The highest BCUT2D eigenvalue weighted by molar-refractivity contribution is 7.12. The smallest absolute Gasteiger partial charge is 0.264 e. The summed E-state index contributed by atoms with van der Waals surface area (Å²) in [4.78, 5) is 16.0. The molecule has 0 radical (unpaired) electrons. The van der Waals surface area contributed by atoms with Crippen LogP contribution in [0, 0.1) is 11.8 Å².